The van der Waals surface area contributed by atoms with Crippen LogP contribution in [0.5, 0.6) is 11.5 Å². The van der Waals surface area contributed by atoms with Gasteiger partial charge in [-0.1, -0.05) is 42.5 Å². The Morgan fingerprint density at radius 3 is 2.07 bits per heavy atom. The molecule has 0 atom stereocenters. The monoisotopic (exact) mass is 371 g/mol. The second kappa shape index (κ2) is 9.01. The van der Waals surface area contributed by atoms with Gasteiger partial charge in [-0.05, 0) is 36.4 Å². The van der Waals surface area contributed by atoms with Gasteiger partial charge in [0.1, 0.15) is 18.2 Å². The third-order valence-corrected chi connectivity index (χ3v) is 3.77. The fourth-order valence-corrected chi connectivity index (χ4v) is 2.50. The third kappa shape index (κ3) is 4.96. The van der Waals surface area contributed by atoms with Crippen molar-refractivity contribution in [2.75, 3.05) is 10.6 Å². The van der Waals surface area contributed by atoms with Crippen molar-refractivity contribution in [1.82, 2.24) is 0 Å². The van der Waals surface area contributed by atoms with Gasteiger partial charge in [-0.15, -0.1) is 0 Å². The SMILES string of the molecule is N#Cc1ccccc1NC(=O)CC(=O)Nc1ccccc1Oc1ccccc1. The Labute approximate surface area is 162 Å². The van der Waals surface area contributed by atoms with E-state index in [0.29, 0.717) is 28.4 Å². The molecule has 0 radical (unpaired) electrons. The van der Waals surface area contributed by atoms with Crippen molar-refractivity contribution in [3.63, 3.8) is 0 Å². The molecule has 0 saturated heterocycles. The molecule has 2 N–H and O–H groups in total. The van der Waals surface area contributed by atoms with E-state index >= 15 is 0 Å². The van der Waals surface area contributed by atoms with Gasteiger partial charge in [-0.3, -0.25) is 9.59 Å². The first-order chi connectivity index (χ1) is 13.7. The van der Waals surface area contributed by atoms with Gasteiger partial charge in [-0.25, -0.2) is 0 Å². The molecule has 0 spiro atoms. The average molecular weight is 371 g/mol. The Balaban J connectivity index is 1.64. The maximum atomic E-state index is 12.3. The van der Waals surface area contributed by atoms with Crippen LogP contribution in [0.3, 0.4) is 0 Å². The van der Waals surface area contributed by atoms with Crippen LogP contribution >= 0.6 is 0 Å². The van der Waals surface area contributed by atoms with Gasteiger partial charge in [0.25, 0.3) is 0 Å². The molecule has 28 heavy (non-hydrogen) atoms. The number of hydrogen-bond donors (Lipinski definition) is 2. The van der Waals surface area contributed by atoms with Crippen molar-refractivity contribution < 1.29 is 14.3 Å². The molecule has 138 valence electrons. The molecule has 0 heterocycles. The molecule has 0 aliphatic rings. The lowest BCUT2D eigenvalue weighted by atomic mass is 10.2. The molecule has 6 nitrogen and oxygen atoms in total. The quantitative estimate of drug-likeness (QED) is 0.631. The van der Waals surface area contributed by atoms with Gasteiger partial charge in [0.2, 0.25) is 11.8 Å². The number of nitriles is 1. The highest BCUT2D eigenvalue weighted by molar-refractivity contribution is 6.08. The molecular formula is C22H17N3O3. The van der Waals surface area contributed by atoms with Gasteiger partial charge in [0.15, 0.2) is 5.75 Å². The summed E-state index contributed by atoms with van der Waals surface area (Å²) in [6.45, 7) is 0. The molecule has 0 unspecified atom stereocenters. The summed E-state index contributed by atoms with van der Waals surface area (Å²) in [5.74, 6) is 0.102. The average Bonchev–Trinajstić information content (AvgIpc) is 2.70. The van der Waals surface area contributed by atoms with E-state index in [4.69, 9.17) is 10.00 Å². The molecule has 3 aromatic carbocycles. The summed E-state index contributed by atoms with van der Waals surface area (Å²) in [6.07, 6.45) is -0.389. The Morgan fingerprint density at radius 1 is 0.786 bits per heavy atom. The van der Waals surface area contributed by atoms with Crippen LogP contribution in [0.2, 0.25) is 0 Å². The minimum absolute atomic E-state index is 0.331. The maximum absolute atomic E-state index is 12.3. The molecule has 0 aliphatic carbocycles. The normalized spacial score (nSPS) is 9.82. The number of benzene rings is 3. The highest BCUT2D eigenvalue weighted by Gasteiger charge is 2.14. The largest absolute Gasteiger partial charge is 0.455 e. The van der Waals surface area contributed by atoms with Crippen LogP contribution in [-0.2, 0) is 9.59 Å². The lowest BCUT2D eigenvalue weighted by molar-refractivity contribution is -0.123. The highest BCUT2D eigenvalue weighted by atomic mass is 16.5. The molecule has 2 amide bonds. The van der Waals surface area contributed by atoms with Crippen LogP contribution in [0.25, 0.3) is 0 Å². The maximum Gasteiger partial charge on any atom is 0.233 e. The zero-order valence-electron chi connectivity index (χ0n) is 14.9. The summed E-state index contributed by atoms with van der Waals surface area (Å²) in [5, 5.41) is 14.3. The molecular weight excluding hydrogens is 354 g/mol. The minimum Gasteiger partial charge on any atom is -0.455 e. The lowest BCUT2D eigenvalue weighted by Gasteiger charge is -2.12. The molecule has 3 aromatic rings. The second-order valence-corrected chi connectivity index (χ2v) is 5.84. The van der Waals surface area contributed by atoms with Gasteiger partial charge in [0, 0.05) is 0 Å². The Bertz CT molecular complexity index is 1030. The van der Waals surface area contributed by atoms with Gasteiger partial charge in [-0.2, -0.15) is 5.26 Å². The molecule has 0 aliphatic heterocycles. The topological polar surface area (TPSA) is 91.2 Å². The zero-order chi connectivity index (χ0) is 19.8. The number of anilines is 2. The van der Waals surface area contributed by atoms with Crippen molar-refractivity contribution in [2.45, 2.75) is 6.42 Å². The number of carbonyl (C=O) groups is 2. The van der Waals surface area contributed by atoms with Crippen LogP contribution in [0.4, 0.5) is 11.4 Å². The summed E-state index contributed by atoms with van der Waals surface area (Å²) in [4.78, 5) is 24.4. The van der Waals surface area contributed by atoms with E-state index in [1.807, 2.05) is 24.3 Å². The standard InChI is InChI=1S/C22H17N3O3/c23-15-16-8-4-5-11-18(16)24-21(26)14-22(27)25-19-12-6-7-13-20(19)28-17-9-2-1-3-10-17/h1-13H,14H2,(H,24,26)(H,25,27). The number of rotatable bonds is 6. The Morgan fingerprint density at radius 2 is 1.36 bits per heavy atom. The van der Waals surface area contributed by atoms with Crippen LogP contribution in [0.1, 0.15) is 12.0 Å². The highest BCUT2D eigenvalue weighted by Crippen LogP contribution is 2.29. The second-order valence-electron chi connectivity index (χ2n) is 5.84. The first kappa shape index (κ1) is 18.7. The Hall–Kier alpha value is -4.11. The van der Waals surface area contributed by atoms with E-state index in [1.165, 1.54) is 0 Å². The number of hydrogen-bond acceptors (Lipinski definition) is 4. The van der Waals surface area contributed by atoms with Gasteiger partial charge < -0.3 is 15.4 Å². The molecule has 0 aromatic heterocycles. The van der Waals surface area contributed by atoms with E-state index in [9.17, 15) is 9.59 Å². The number of para-hydroxylation sites is 4. The summed E-state index contributed by atoms with van der Waals surface area (Å²) < 4.78 is 5.79. The van der Waals surface area contributed by atoms with E-state index in [2.05, 4.69) is 10.6 Å². The fourth-order valence-electron chi connectivity index (χ4n) is 2.50. The summed E-state index contributed by atoms with van der Waals surface area (Å²) in [5.41, 5.74) is 1.16. The first-order valence-electron chi connectivity index (χ1n) is 8.56. The Kier molecular flexibility index (Phi) is 6.01. The smallest absolute Gasteiger partial charge is 0.233 e. The van der Waals surface area contributed by atoms with Crippen molar-refractivity contribution >= 4 is 23.2 Å². The molecule has 0 saturated carbocycles. The summed E-state index contributed by atoms with van der Waals surface area (Å²) in [6, 6.07) is 24.7. The number of carbonyl (C=O) groups excluding carboxylic acids is 2. The van der Waals surface area contributed by atoms with Crippen LogP contribution in [0.15, 0.2) is 78.9 Å². The number of nitrogens with one attached hydrogen (secondary N) is 2. The number of amides is 2. The summed E-state index contributed by atoms with van der Waals surface area (Å²) >= 11 is 0. The number of nitrogens with zero attached hydrogens (tertiary/aromatic N) is 1. The molecule has 6 heteroatoms. The van der Waals surface area contributed by atoms with Crippen molar-refractivity contribution in [1.29, 1.82) is 5.26 Å². The zero-order valence-corrected chi connectivity index (χ0v) is 14.9. The first-order valence-corrected chi connectivity index (χ1v) is 8.56. The van der Waals surface area contributed by atoms with Gasteiger partial charge in [0.05, 0.1) is 16.9 Å². The van der Waals surface area contributed by atoms with Crippen molar-refractivity contribution in [3.05, 3.63) is 84.4 Å². The molecule has 0 fully saturated rings. The predicted octanol–water partition coefficient (Wildman–Crippen LogP) is 4.32. The van der Waals surface area contributed by atoms with Crippen LogP contribution in [-0.4, -0.2) is 11.8 Å². The van der Waals surface area contributed by atoms with E-state index in [-0.39, 0.29) is 6.42 Å². The van der Waals surface area contributed by atoms with Crippen LogP contribution in [0, 0.1) is 11.3 Å². The van der Waals surface area contributed by atoms with Gasteiger partial charge >= 0.3 is 0 Å². The molecule has 0 bridgehead atoms. The van der Waals surface area contributed by atoms with E-state index in [0.717, 1.165) is 0 Å². The summed E-state index contributed by atoms with van der Waals surface area (Å²) in [7, 11) is 0. The van der Waals surface area contributed by atoms with E-state index in [1.54, 1.807) is 60.7 Å². The van der Waals surface area contributed by atoms with E-state index < -0.39 is 11.8 Å². The third-order valence-electron chi connectivity index (χ3n) is 3.77. The minimum atomic E-state index is -0.512. The lowest BCUT2D eigenvalue weighted by Crippen LogP contribution is -2.22. The van der Waals surface area contributed by atoms with Crippen molar-refractivity contribution in [3.8, 4) is 17.6 Å². The predicted molar refractivity (Wildman–Crippen MR) is 106 cm³/mol. The fraction of sp³-hybridized carbons (Fsp3) is 0.0455. The molecule has 3 rings (SSSR count). The number of ether oxygens (including phenoxy) is 1. The van der Waals surface area contributed by atoms with Crippen molar-refractivity contribution in [2.24, 2.45) is 0 Å². The van der Waals surface area contributed by atoms with Crippen LogP contribution < -0.4 is 15.4 Å².